The number of nitrogens with zero attached hydrogens (tertiary/aromatic N) is 5. The van der Waals surface area contributed by atoms with Crippen LogP contribution in [0.1, 0.15) is 40.8 Å². The first kappa shape index (κ1) is 25.4. The molecule has 38 heavy (non-hydrogen) atoms. The molecule has 13 heteroatoms. The van der Waals surface area contributed by atoms with E-state index in [1.807, 2.05) is 42.1 Å². The van der Waals surface area contributed by atoms with E-state index in [2.05, 4.69) is 4.98 Å². The third-order valence-electron chi connectivity index (χ3n) is 7.17. The second-order valence-electron chi connectivity index (χ2n) is 9.49. The summed E-state index contributed by atoms with van der Waals surface area (Å²) < 4.78 is 35.6. The number of carboxylic acids is 1. The second-order valence-corrected chi connectivity index (χ2v) is 13.1. The standard InChI is InChI=1S/C25H25ClN5O5S2/c1-3-30-19-5-4-17-14(2)24(19)31(28-30)13-16-12-29(38(34,35)22-10-27-7-6-20(22)36-16)11-15-8-21(37-25(15)26)18(17)9-23(32)33/h4-8,10,16,18H,3,9,11-13H2,1-2H3,(H,32,33)/q-1/t16-,18-/m0/s1. The smallest absolute Gasteiger partial charge is 0.304 e. The molecule has 5 heterocycles. The molecular formula is C25H25ClN5O5S2-. The first-order chi connectivity index (χ1) is 18.2. The minimum Gasteiger partial charge on any atom is -0.486 e. The Kier molecular flexibility index (Phi) is 6.27. The van der Waals surface area contributed by atoms with Gasteiger partial charge in [0.25, 0.3) is 0 Å². The molecular weight excluding hydrogens is 550 g/mol. The fraction of sp³-hybridized carbons (Fsp3) is 0.360. The molecule has 0 aliphatic carbocycles. The molecule has 0 radical (unpaired) electrons. The number of aliphatic carboxylic acids is 1. The van der Waals surface area contributed by atoms with Gasteiger partial charge in [0, 0.05) is 41.5 Å². The minimum atomic E-state index is -3.96. The van der Waals surface area contributed by atoms with Crippen LogP contribution in [0, 0.1) is 6.92 Å². The highest BCUT2D eigenvalue weighted by molar-refractivity contribution is 7.89. The van der Waals surface area contributed by atoms with Gasteiger partial charge in [-0.2, -0.15) is 4.31 Å². The number of thiophene rings is 1. The number of fused-ring (bicyclic) bond motifs is 6. The minimum absolute atomic E-state index is 0.00247. The lowest BCUT2D eigenvalue weighted by Gasteiger charge is -2.40. The number of ether oxygens (including phenoxy) is 1. The van der Waals surface area contributed by atoms with Crippen molar-refractivity contribution in [2.75, 3.05) is 29.7 Å². The van der Waals surface area contributed by atoms with E-state index >= 15 is 0 Å². The largest absolute Gasteiger partial charge is 0.486 e. The van der Waals surface area contributed by atoms with E-state index in [0.717, 1.165) is 27.4 Å². The Morgan fingerprint density at radius 1 is 1.32 bits per heavy atom. The van der Waals surface area contributed by atoms with E-state index in [1.165, 1.54) is 28.0 Å². The summed E-state index contributed by atoms with van der Waals surface area (Å²) in [6, 6.07) is 7.34. The molecule has 3 aliphatic rings. The molecule has 0 saturated carbocycles. The van der Waals surface area contributed by atoms with Gasteiger partial charge in [0.15, 0.2) is 0 Å². The molecule has 0 amide bonds. The van der Waals surface area contributed by atoms with Crippen molar-refractivity contribution in [1.29, 1.82) is 0 Å². The highest BCUT2D eigenvalue weighted by Crippen LogP contribution is 2.48. The summed E-state index contributed by atoms with van der Waals surface area (Å²) in [5.41, 5.74) is 8.99. The molecule has 0 fully saturated rings. The average Bonchev–Trinajstić information content (AvgIpc) is 3.39. The molecule has 1 aromatic carbocycles. The predicted molar refractivity (Wildman–Crippen MR) is 145 cm³/mol. The monoisotopic (exact) mass is 574 g/mol. The summed E-state index contributed by atoms with van der Waals surface area (Å²) in [5, 5.41) is 13.5. The van der Waals surface area contributed by atoms with Gasteiger partial charge in [0.1, 0.15) is 16.7 Å². The average molecular weight is 575 g/mol. The van der Waals surface area contributed by atoms with E-state index in [1.54, 1.807) is 6.07 Å². The van der Waals surface area contributed by atoms with E-state index in [-0.39, 0.29) is 36.7 Å². The van der Waals surface area contributed by atoms with Crippen LogP contribution in [0.25, 0.3) is 5.53 Å². The van der Waals surface area contributed by atoms with Gasteiger partial charge < -0.3 is 25.4 Å². The van der Waals surface area contributed by atoms with Gasteiger partial charge in [-0.3, -0.25) is 9.78 Å². The number of pyridine rings is 1. The molecule has 1 unspecified atom stereocenters. The Hall–Kier alpha value is -2.90. The maximum atomic E-state index is 13.8. The van der Waals surface area contributed by atoms with Gasteiger partial charge in [-0.05, 0) is 55.3 Å². The Morgan fingerprint density at radius 2 is 2.13 bits per heavy atom. The quantitative estimate of drug-likeness (QED) is 0.485. The first-order valence-electron chi connectivity index (χ1n) is 12.2. The van der Waals surface area contributed by atoms with Crippen molar-refractivity contribution in [2.24, 2.45) is 0 Å². The molecule has 0 saturated heterocycles. The van der Waals surface area contributed by atoms with Crippen LogP contribution in [-0.4, -0.2) is 54.5 Å². The van der Waals surface area contributed by atoms with Crippen LogP contribution in [-0.2, 0) is 21.4 Å². The van der Waals surface area contributed by atoms with E-state index in [0.29, 0.717) is 16.4 Å². The van der Waals surface area contributed by atoms with Gasteiger partial charge in [0.2, 0.25) is 10.0 Å². The lowest BCUT2D eigenvalue weighted by molar-refractivity contribution is -0.137. The van der Waals surface area contributed by atoms with Crippen molar-refractivity contribution in [3.05, 3.63) is 68.1 Å². The van der Waals surface area contributed by atoms with Crippen LogP contribution in [0.2, 0.25) is 4.34 Å². The second kappa shape index (κ2) is 9.38. The number of halogens is 1. The summed E-state index contributed by atoms with van der Waals surface area (Å²) in [6.07, 6.45) is 2.13. The summed E-state index contributed by atoms with van der Waals surface area (Å²) in [4.78, 5) is 16.8. The van der Waals surface area contributed by atoms with Crippen LogP contribution in [0.5, 0.6) is 5.75 Å². The maximum Gasteiger partial charge on any atom is 0.304 e. The number of aromatic nitrogens is 1. The third kappa shape index (κ3) is 4.11. The van der Waals surface area contributed by atoms with Gasteiger partial charge in [0.05, 0.1) is 23.5 Å². The molecule has 3 aliphatic heterocycles. The van der Waals surface area contributed by atoms with Crippen LogP contribution in [0.15, 0.2) is 41.6 Å². The first-order valence-corrected chi connectivity index (χ1v) is 14.8. The number of hydrogen-bond acceptors (Lipinski definition) is 8. The zero-order chi connectivity index (χ0) is 26.8. The van der Waals surface area contributed by atoms with Gasteiger partial charge in [-0.25, -0.2) is 8.42 Å². The number of sulfonamides is 1. The van der Waals surface area contributed by atoms with Crippen LogP contribution in [0.4, 0.5) is 11.4 Å². The molecule has 6 bridgehead atoms. The Bertz CT molecular complexity index is 1540. The molecule has 200 valence electrons. The number of carbonyl (C=O) groups is 1. The van der Waals surface area contributed by atoms with Crippen molar-refractivity contribution >= 4 is 50.3 Å². The van der Waals surface area contributed by atoms with Gasteiger partial charge >= 0.3 is 5.97 Å². The van der Waals surface area contributed by atoms with Crippen LogP contribution < -0.4 is 14.8 Å². The molecule has 6 rings (SSSR count). The Morgan fingerprint density at radius 3 is 2.89 bits per heavy atom. The lowest BCUT2D eigenvalue weighted by atomic mass is 9.89. The van der Waals surface area contributed by atoms with Gasteiger partial charge in [-0.15, -0.1) is 11.3 Å². The number of anilines is 2. The van der Waals surface area contributed by atoms with Crippen molar-refractivity contribution in [1.82, 2.24) is 9.29 Å². The van der Waals surface area contributed by atoms with Crippen LogP contribution in [0.3, 0.4) is 0 Å². The third-order valence-corrected chi connectivity index (χ3v) is 10.5. The van der Waals surface area contributed by atoms with Crippen molar-refractivity contribution in [3.63, 3.8) is 0 Å². The molecule has 2 aromatic heterocycles. The fourth-order valence-electron chi connectivity index (χ4n) is 5.41. The molecule has 3 atom stereocenters. The van der Waals surface area contributed by atoms with E-state index < -0.39 is 28.0 Å². The molecule has 0 spiro atoms. The summed E-state index contributed by atoms with van der Waals surface area (Å²) >= 11 is 7.95. The van der Waals surface area contributed by atoms with E-state index in [4.69, 9.17) is 21.9 Å². The van der Waals surface area contributed by atoms with Gasteiger partial charge in [-0.1, -0.05) is 17.7 Å². The molecule has 10 nitrogen and oxygen atoms in total. The zero-order valence-electron chi connectivity index (χ0n) is 20.7. The van der Waals surface area contributed by atoms with Crippen molar-refractivity contribution in [2.45, 2.75) is 43.7 Å². The number of hydrogen-bond donors (Lipinski definition) is 1. The Labute approximate surface area is 229 Å². The normalized spacial score (nSPS) is 23.4. The highest BCUT2D eigenvalue weighted by atomic mass is 35.5. The number of benzene rings is 1. The lowest BCUT2D eigenvalue weighted by Crippen LogP contribution is -2.42. The SMILES string of the molecule is CCN1[N-]N2C[C@@H]3CN(Cc4cc(sc4Cl)[C@@H](CC(=O)O)c4ccc1c2c4C)S(=O)(=O)c1cnccc1O3. The number of rotatable bonds is 3. The summed E-state index contributed by atoms with van der Waals surface area (Å²) in [5.74, 6) is -1.14. The fourth-order valence-corrected chi connectivity index (χ4v) is 8.32. The predicted octanol–water partition coefficient (Wildman–Crippen LogP) is 4.53. The zero-order valence-corrected chi connectivity index (χ0v) is 23.1. The summed E-state index contributed by atoms with van der Waals surface area (Å²) in [6.45, 7) is 4.99. The molecule has 3 aromatic rings. The maximum absolute atomic E-state index is 13.8. The topological polar surface area (TPSA) is 117 Å². The highest BCUT2D eigenvalue weighted by Gasteiger charge is 2.37. The van der Waals surface area contributed by atoms with Crippen molar-refractivity contribution in [3.8, 4) is 5.75 Å². The Balaban J connectivity index is 1.57. The van der Waals surface area contributed by atoms with E-state index in [9.17, 15) is 18.3 Å². The number of carboxylic acid groups (broad SMARTS) is 1. The van der Waals surface area contributed by atoms with Crippen molar-refractivity contribution < 1.29 is 23.1 Å². The molecule has 1 N–H and O–H groups in total. The van der Waals surface area contributed by atoms with Crippen LogP contribution >= 0.6 is 22.9 Å². The summed E-state index contributed by atoms with van der Waals surface area (Å²) in [7, 11) is -3.96.